The monoisotopic (exact) mass is 196 g/mol. The molecule has 1 aliphatic heterocycles. The van der Waals surface area contributed by atoms with Gasteiger partial charge in [-0.3, -0.25) is 9.69 Å². The number of fused-ring (bicyclic) bond motifs is 1. The van der Waals surface area contributed by atoms with E-state index in [1.807, 2.05) is 13.1 Å². The molecule has 4 heteroatoms. The molecular formula is C10H13FN2O. The number of benzene rings is 1. The number of nitrogens with two attached hydrogens (primary N) is 1. The standard InChI is InChI=1S/C9H10FN.CH3NO/c1-11-5-7-2-3-9(10)4-8(7)6-11;2-1-3/h2-4H,5-6H2,1H3;1H,(H2,2,3). The van der Waals surface area contributed by atoms with Gasteiger partial charge >= 0.3 is 0 Å². The lowest BCUT2D eigenvalue weighted by atomic mass is 10.1. The molecule has 76 valence electrons. The Morgan fingerprint density at radius 2 is 2.00 bits per heavy atom. The number of nitrogens with zero attached hydrogens (tertiary/aromatic N) is 1. The molecule has 0 saturated heterocycles. The van der Waals surface area contributed by atoms with Gasteiger partial charge in [-0.25, -0.2) is 4.39 Å². The van der Waals surface area contributed by atoms with Crippen LogP contribution in [-0.4, -0.2) is 18.4 Å². The van der Waals surface area contributed by atoms with Crippen molar-refractivity contribution in [2.45, 2.75) is 13.1 Å². The first-order valence-electron chi connectivity index (χ1n) is 4.28. The summed E-state index contributed by atoms with van der Waals surface area (Å²) in [5.41, 5.74) is 6.56. The highest BCUT2D eigenvalue weighted by Crippen LogP contribution is 2.21. The van der Waals surface area contributed by atoms with Crippen LogP contribution in [0.1, 0.15) is 11.1 Å². The van der Waals surface area contributed by atoms with E-state index < -0.39 is 0 Å². The minimum absolute atomic E-state index is 0.126. The van der Waals surface area contributed by atoms with Crippen molar-refractivity contribution in [1.29, 1.82) is 0 Å². The summed E-state index contributed by atoms with van der Waals surface area (Å²) in [5, 5.41) is 0. The highest BCUT2D eigenvalue weighted by atomic mass is 19.1. The fourth-order valence-corrected chi connectivity index (χ4v) is 1.53. The van der Waals surface area contributed by atoms with Gasteiger partial charge in [0.25, 0.3) is 0 Å². The van der Waals surface area contributed by atoms with Crippen LogP contribution in [0, 0.1) is 5.82 Å². The van der Waals surface area contributed by atoms with Crippen molar-refractivity contribution in [1.82, 2.24) is 4.90 Å². The van der Waals surface area contributed by atoms with E-state index in [1.54, 1.807) is 6.07 Å². The fourth-order valence-electron chi connectivity index (χ4n) is 1.53. The van der Waals surface area contributed by atoms with Crippen molar-refractivity contribution in [3.63, 3.8) is 0 Å². The number of halogens is 1. The Morgan fingerprint density at radius 1 is 1.43 bits per heavy atom. The number of hydrogen-bond donors (Lipinski definition) is 1. The fraction of sp³-hybridized carbons (Fsp3) is 0.300. The summed E-state index contributed by atoms with van der Waals surface area (Å²) in [7, 11) is 2.04. The molecule has 0 bridgehead atoms. The first kappa shape index (κ1) is 10.7. The highest BCUT2D eigenvalue weighted by Gasteiger charge is 2.14. The molecule has 1 aromatic rings. The van der Waals surface area contributed by atoms with Crippen molar-refractivity contribution in [3.05, 3.63) is 35.1 Å². The molecule has 0 atom stereocenters. The summed E-state index contributed by atoms with van der Waals surface area (Å²) in [6.07, 6.45) is 0.250. The van der Waals surface area contributed by atoms with Gasteiger partial charge in [-0.15, -0.1) is 0 Å². The zero-order chi connectivity index (χ0) is 10.6. The van der Waals surface area contributed by atoms with E-state index in [0.717, 1.165) is 18.7 Å². The first-order valence-corrected chi connectivity index (χ1v) is 4.28. The number of primary amides is 1. The Morgan fingerprint density at radius 3 is 2.64 bits per heavy atom. The predicted octanol–water partition coefficient (Wildman–Crippen LogP) is 0.873. The second kappa shape index (κ2) is 4.72. The van der Waals surface area contributed by atoms with Gasteiger partial charge in [0, 0.05) is 13.1 Å². The van der Waals surface area contributed by atoms with E-state index in [4.69, 9.17) is 4.79 Å². The third-order valence-electron chi connectivity index (χ3n) is 2.05. The number of amides is 1. The normalized spacial score (nSPS) is 14.1. The molecule has 0 fully saturated rings. The van der Waals surface area contributed by atoms with Gasteiger partial charge in [-0.05, 0) is 30.3 Å². The zero-order valence-corrected chi connectivity index (χ0v) is 8.03. The summed E-state index contributed by atoms with van der Waals surface area (Å²) in [4.78, 5) is 10.8. The quantitative estimate of drug-likeness (QED) is 0.626. The van der Waals surface area contributed by atoms with Crippen LogP contribution in [0.15, 0.2) is 18.2 Å². The van der Waals surface area contributed by atoms with Gasteiger partial charge in [0.2, 0.25) is 6.41 Å². The van der Waals surface area contributed by atoms with Crippen LogP contribution in [-0.2, 0) is 17.9 Å². The molecule has 3 nitrogen and oxygen atoms in total. The van der Waals surface area contributed by atoms with Gasteiger partial charge in [0.1, 0.15) is 5.82 Å². The topological polar surface area (TPSA) is 46.3 Å². The van der Waals surface area contributed by atoms with Crippen LogP contribution in [0.25, 0.3) is 0 Å². The van der Waals surface area contributed by atoms with E-state index in [-0.39, 0.29) is 12.2 Å². The lowest BCUT2D eigenvalue weighted by Crippen LogP contribution is -2.07. The third-order valence-corrected chi connectivity index (χ3v) is 2.05. The highest BCUT2D eigenvalue weighted by molar-refractivity contribution is 5.42. The Kier molecular flexibility index (Phi) is 3.59. The smallest absolute Gasteiger partial charge is 0.204 e. The van der Waals surface area contributed by atoms with E-state index in [1.165, 1.54) is 11.6 Å². The molecule has 2 N–H and O–H groups in total. The molecule has 0 radical (unpaired) electrons. The number of carbonyl (C=O) groups is 1. The maximum atomic E-state index is 12.7. The molecule has 1 amide bonds. The van der Waals surface area contributed by atoms with Crippen molar-refractivity contribution < 1.29 is 9.18 Å². The summed E-state index contributed by atoms with van der Waals surface area (Å²) < 4.78 is 12.7. The van der Waals surface area contributed by atoms with Gasteiger partial charge in [-0.1, -0.05) is 6.07 Å². The molecular weight excluding hydrogens is 183 g/mol. The van der Waals surface area contributed by atoms with Crippen molar-refractivity contribution in [2.75, 3.05) is 7.05 Å². The number of hydrogen-bond acceptors (Lipinski definition) is 2. The van der Waals surface area contributed by atoms with Gasteiger partial charge in [0.15, 0.2) is 0 Å². The average Bonchev–Trinajstić information content (AvgIpc) is 2.45. The molecule has 0 saturated carbocycles. The van der Waals surface area contributed by atoms with Crippen LogP contribution >= 0.6 is 0 Å². The lowest BCUT2D eigenvalue weighted by Gasteiger charge is -2.02. The minimum Gasteiger partial charge on any atom is -0.372 e. The Balaban J connectivity index is 0.000000293. The van der Waals surface area contributed by atoms with Crippen LogP contribution in [0.4, 0.5) is 4.39 Å². The Bertz CT molecular complexity index is 328. The number of carbonyl (C=O) groups excluding carboxylic acids is 1. The summed E-state index contributed by atoms with van der Waals surface area (Å²) in [6, 6.07) is 5.02. The van der Waals surface area contributed by atoms with E-state index in [0.29, 0.717) is 0 Å². The second-order valence-electron chi connectivity index (χ2n) is 3.22. The molecule has 1 aromatic carbocycles. The molecule has 0 spiro atoms. The molecule has 1 aliphatic rings. The molecule has 1 heterocycles. The third kappa shape index (κ3) is 2.53. The maximum Gasteiger partial charge on any atom is 0.204 e. The molecule has 0 aromatic heterocycles. The molecule has 0 unspecified atom stereocenters. The van der Waals surface area contributed by atoms with Crippen LogP contribution in [0.2, 0.25) is 0 Å². The van der Waals surface area contributed by atoms with Crippen molar-refractivity contribution in [3.8, 4) is 0 Å². The average molecular weight is 196 g/mol. The summed E-state index contributed by atoms with van der Waals surface area (Å²) in [5.74, 6) is -0.126. The van der Waals surface area contributed by atoms with Crippen molar-refractivity contribution in [2.24, 2.45) is 5.73 Å². The second-order valence-corrected chi connectivity index (χ2v) is 3.22. The van der Waals surface area contributed by atoms with E-state index in [2.05, 4.69) is 10.6 Å². The lowest BCUT2D eigenvalue weighted by molar-refractivity contribution is -0.106. The molecule has 14 heavy (non-hydrogen) atoms. The number of rotatable bonds is 0. The SMILES string of the molecule is CN1Cc2ccc(F)cc2C1.NC=O. The van der Waals surface area contributed by atoms with Gasteiger partial charge in [-0.2, -0.15) is 0 Å². The van der Waals surface area contributed by atoms with Crippen LogP contribution < -0.4 is 5.73 Å². The largest absolute Gasteiger partial charge is 0.372 e. The Hall–Kier alpha value is -1.42. The van der Waals surface area contributed by atoms with Crippen molar-refractivity contribution >= 4 is 6.41 Å². The summed E-state index contributed by atoms with van der Waals surface area (Å²) >= 11 is 0. The van der Waals surface area contributed by atoms with Crippen LogP contribution in [0.5, 0.6) is 0 Å². The summed E-state index contributed by atoms with van der Waals surface area (Å²) in [6.45, 7) is 1.84. The predicted molar refractivity (Wildman–Crippen MR) is 51.8 cm³/mol. The molecule has 0 aliphatic carbocycles. The Labute approximate surface area is 82.3 Å². The molecule has 2 rings (SSSR count). The first-order chi connectivity index (χ1) is 6.67. The minimum atomic E-state index is -0.126. The van der Waals surface area contributed by atoms with E-state index in [9.17, 15) is 4.39 Å². The van der Waals surface area contributed by atoms with Gasteiger partial charge in [0.05, 0.1) is 0 Å². The van der Waals surface area contributed by atoms with Crippen LogP contribution in [0.3, 0.4) is 0 Å². The van der Waals surface area contributed by atoms with Gasteiger partial charge < -0.3 is 5.73 Å². The van der Waals surface area contributed by atoms with E-state index >= 15 is 0 Å². The zero-order valence-electron chi connectivity index (χ0n) is 8.03. The maximum absolute atomic E-state index is 12.7.